The highest BCUT2D eigenvalue weighted by molar-refractivity contribution is 5.05. The van der Waals surface area contributed by atoms with Crippen molar-refractivity contribution >= 4 is 0 Å². The minimum Gasteiger partial charge on any atom is -0.330 e. The summed E-state index contributed by atoms with van der Waals surface area (Å²) in [5.74, 6) is 2.75. The SMILES string of the molecule is NCC1CCCCC1CNCC1(C2CC2)CC1. The van der Waals surface area contributed by atoms with Gasteiger partial charge in [0.1, 0.15) is 0 Å². The quantitative estimate of drug-likeness (QED) is 0.744. The van der Waals surface area contributed by atoms with Crippen LogP contribution >= 0.6 is 0 Å². The summed E-state index contributed by atoms with van der Waals surface area (Å²) in [7, 11) is 0. The van der Waals surface area contributed by atoms with Crippen LogP contribution in [-0.2, 0) is 0 Å². The lowest BCUT2D eigenvalue weighted by Gasteiger charge is -2.31. The summed E-state index contributed by atoms with van der Waals surface area (Å²) in [6.07, 6.45) is 11.6. The summed E-state index contributed by atoms with van der Waals surface area (Å²) >= 11 is 0. The first-order valence-electron chi connectivity index (χ1n) is 7.75. The van der Waals surface area contributed by atoms with Crippen molar-refractivity contribution in [1.29, 1.82) is 0 Å². The van der Waals surface area contributed by atoms with Crippen LogP contribution in [0.4, 0.5) is 0 Å². The summed E-state index contributed by atoms with van der Waals surface area (Å²) in [4.78, 5) is 0. The van der Waals surface area contributed by atoms with Gasteiger partial charge in [-0.2, -0.15) is 0 Å². The Morgan fingerprint density at radius 1 is 1.00 bits per heavy atom. The lowest BCUT2D eigenvalue weighted by atomic mass is 9.79. The zero-order valence-electron chi connectivity index (χ0n) is 11.1. The van der Waals surface area contributed by atoms with E-state index in [2.05, 4.69) is 5.32 Å². The molecule has 0 heterocycles. The standard InChI is InChI=1S/C15H28N2/c16-9-12-3-1-2-4-13(12)10-17-11-15(7-8-15)14-5-6-14/h12-14,17H,1-11,16H2. The topological polar surface area (TPSA) is 38.0 Å². The molecule has 0 amide bonds. The van der Waals surface area contributed by atoms with Crippen LogP contribution in [0.3, 0.4) is 0 Å². The lowest BCUT2D eigenvalue weighted by Crippen LogP contribution is -2.36. The zero-order valence-corrected chi connectivity index (χ0v) is 11.1. The van der Waals surface area contributed by atoms with Gasteiger partial charge in [0.25, 0.3) is 0 Å². The third kappa shape index (κ3) is 2.68. The molecular weight excluding hydrogens is 208 g/mol. The highest BCUT2D eigenvalue weighted by atomic mass is 14.9. The summed E-state index contributed by atoms with van der Waals surface area (Å²) in [5, 5.41) is 3.79. The summed E-state index contributed by atoms with van der Waals surface area (Å²) in [5.41, 5.74) is 6.65. The van der Waals surface area contributed by atoms with Crippen LogP contribution in [0.25, 0.3) is 0 Å². The Labute approximate surface area is 106 Å². The van der Waals surface area contributed by atoms with Crippen molar-refractivity contribution in [2.24, 2.45) is 28.9 Å². The molecule has 0 spiro atoms. The van der Waals surface area contributed by atoms with Crippen molar-refractivity contribution in [2.75, 3.05) is 19.6 Å². The fourth-order valence-corrected chi connectivity index (χ4v) is 3.96. The Morgan fingerprint density at radius 3 is 2.29 bits per heavy atom. The molecule has 2 unspecified atom stereocenters. The Morgan fingerprint density at radius 2 is 1.71 bits per heavy atom. The van der Waals surface area contributed by atoms with Gasteiger partial charge in [-0.1, -0.05) is 12.8 Å². The maximum atomic E-state index is 5.89. The molecule has 98 valence electrons. The van der Waals surface area contributed by atoms with Gasteiger partial charge in [-0.05, 0) is 74.8 Å². The van der Waals surface area contributed by atoms with Gasteiger partial charge >= 0.3 is 0 Å². The maximum absolute atomic E-state index is 5.89. The number of hydrogen-bond donors (Lipinski definition) is 2. The molecule has 3 aliphatic rings. The van der Waals surface area contributed by atoms with Crippen molar-refractivity contribution < 1.29 is 0 Å². The van der Waals surface area contributed by atoms with Crippen LogP contribution in [0.15, 0.2) is 0 Å². The van der Waals surface area contributed by atoms with E-state index in [1.54, 1.807) is 0 Å². The monoisotopic (exact) mass is 236 g/mol. The van der Waals surface area contributed by atoms with Crippen molar-refractivity contribution in [3.05, 3.63) is 0 Å². The van der Waals surface area contributed by atoms with Crippen LogP contribution in [0.1, 0.15) is 51.4 Å². The van der Waals surface area contributed by atoms with Crippen molar-refractivity contribution in [1.82, 2.24) is 5.32 Å². The first-order chi connectivity index (χ1) is 8.34. The number of nitrogens with one attached hydrogen (secondary N) is 1. The van der Waals surface area contributed by atoms with Crippen LogP contribution in [0, 0.1) is 23.2 Å². The molecule has 0 aromatic rings. The van der Waals surface area contributed by atoms with E-state index >= 15 is 0 Å². The summed E-state index contributed by atoms with van der Waals surface area (Å²) in [6.45, 7) is 3.43. The second kappa shape index (κ2) is 4.89. The first kappa shape index (κ1) is 12.0. The van der Waals surface area contributed by atoms with Gasteiger partial charge in [-0.15, -0.1) is 0 Å². The molecule has 0 aliphatic heterocycles. The van der Waals surface area contributed by atoms with E-state index in [-0.39, 0.29) is 0 Å². The molecule has 2 atom stereocenters. The molecule has 3 rings (SSSR count). The van der Waals surface area contributed by atoms with E-state index in [1.807, 2.05) is 0 Å². The normalized spacial score (nSPS) is 35.8. The highest BCUT2D eigenvalue weighted by Gasteiger charge is 2.53. The Kier molecular flexibility index (Phi) is 3.45. The third-order valence-corrected chi connectivity index (χ3v) is 5.59. The Hall–Kier alpha value is -0.0800. The van der Waals surface area contributed by atoms with Gasteiger partial charge in [-0.25, -0.2) is 0 Å². The van der Waals surface area contributed by atoms with E-state index in [9.17, 15) is 0 Å². The Balaban J connectivity index is 1.41. The van der Waals surface area contributed by atoms with Gasteiger partial charge < -0.3 is 11.1 Å². The van der Waals surface area contributed by atoms with Crippen LogP contribution < -0.4 is 11.1 Å². The van der Waals surface area contributed by atoms with Gasteiger partial charge in [0, 0.05) is 6.54 Å². The maximum Gasteiger partial charge on any atom is 0.00106 e. The molecule has 3 aliphatic carbocycles. The number of rotatable bonds is 6. The van der Waals surface area contributed by atoms with E-state index in [4.69, 9.17) is 5.73 Å². The predicted octanol–water partition coefficient (Wildman–Crippen LogP) is 2.53. The number of nitrogens with two attached hydrogens (primary N) is 1. The summed E-state index contributed by atoms with van der Waals surface area (Å²) < 4.78 is 0. The number of hydrogen-bond acceptors (Lipinski definition) is 2. The minimum absolute atomic E-state index is 0.757. The molecule has 0 saturated heterocycles. The third-order valence-electron chi connectivity index (χ3n) is 5.59. The van der Waals surface area contributed by atoms with Crippen molar-refractivity contribution in [2.45, 2.75) is 51.4 Å². The second-order valence-electron chi connectivity index (χ2n) is 6.81. The van der Waals surface area contributed by atoms with Gasteiger partial charge in [0.15, 0.2) is 0 Å². The average molecular weight is 236 g/mol. The Bertz CT molecular complexity index is 256. The van der Waals surface area contributed by atoms with Gasteiger partial charge in [-0.3, -0.25) is 0 Å². The highest BCUT2D eigenvalue weighted by Crippen LogP contribution is 2.60. The lowest BCUT2D eigenvalue weighted by molar-refractivity contribution is 0.229. The molecule has 0 bridgehead atoms. The van der Waals surface area contributed by atoms with E-state index in [0.29, 0.717) is 0 Å². The minimum atomic E-state index is 0.757. The zero-order chi connectivity index (χ0) is 11.7. The molecule has 2 nitrogen and oxygen atoms in total. The van der Waals surface area contributed by atoms with Crippen LogP contribution in [0.5, 0.6) is 0 Å². The fourth-order valence-electron chi connectivity index (χ4n) is 3.96. The van der Waals surface area contributed by atoms with Gasteiger partial charge in [0.05, 0.1) is 0 Å². The molecule has 0 aromatic heterocycles. The van der Waals surface area contributed by atoms with Crippen LogP contribution in [0.2, 0.25) is 0 Å². The molecule has 2 heteroatoms. The van der Waals surface area contributed by atoms with E-state index in [0.717, 1.165) is 29.7 Å². The largest absolute Gasteiger partial charge is 0.330 e. The summed E-state index contributed by atoms with van der Waals surface area (Å²) in [6, 6.07) is 0. The predicted molar refractivity (Wildman–Crippen MR) is 71.8 cm³/mol. The van der Waals surface area contributed by atoms with E-state index < -0.39 is 0 Å². The molecule has 3 N–H and O–H groups in total. The van der Waals surface area contributed by atoms with Crippen LogP contribution in [-0.4, -0.2) is 19.6 Å². The fraction of sp³-hybridized carbons (Fsp3) is 1.00. The smallest absolute Gasteiger partial charge is 0.00106 e. The first-order valence-corrected chi connectivity index (χ1v) is 7.75. The molecule has 0 aromatic carbocycles. The molecule has 0 radical (unpaired) electrons. The van der Waals surface area contributed by atoms with Gasteiger partial charge in [0.2, 0.25) is 0 Å². The molecule has 3 fully saturated rings. The molecule has 3 saturated carbocycles. The molecule has 17 heavy (non-hydrogen) atoms. The second-order valence-corrected chi connectivity index (χ2v) is 6.81. The van der Waals surface area contributed by atoms with Crippen molar-refractivity contribution in [3.8, 4) is 0 Å². The van der Waals surface area contributed by atoms with E-state index in [1.165, 1.54) is 64.5 Å². The molecular formula is C15H28N2. The van der Waals surface area contributed by atoms with Crippen molar-refractivity contribution in [3.63, 3.8) is 0 Å². The average Bonchev–Trinajstić information content (AvgIpc) is 3.22.